The molecule has 0 radical (unpaired) electrons. The fourth-order valence-electron chi connectivity index (χ4n) is 1.43. The number of nitrogens with one attached hydrogen (secondary N) is 1. The molecule has 0 amide bonds. The van der Waals surface area contributed by atoms with Crippen molar-refractivity contribution in [2.45, 2.75) is 13.0 Å². The number of hydrogen-bond donors (Lipinski definition) is 1. The van der Waals surface area contributed by atoms with Crippen molar-refractivity contribution in [3.05, 3.63) is 24.3 Å². The van der Waals surface area contributed by atoms with Gasteiger partial charge in [-0.3, -0.25) is 0 Å². The first-order chi connectivity index (χ1) is 8.30. The molecule has 0 saturated carbocycles. The van der Waals surface area contributed by atoms with Crippen molar-refractivity contribution in [3.63, 3.8) is 0 Å². The molecule has 0 spiro atoms. The molecule has 17 heavy (non-hydrogen) atoms. The molecule has 4 heteroatoms. The smallest absolute Gasteiger partial charge is 0.123 e. The van der Waals surface area contributed by atoms with E-state index in [2.05, 4.69) is 5.32 Å². The van der Waals surface area contributed by atoms with Crippen molar-refractivity contribution in [2.75, 3.05) is 34.0 Å². The van der Waals surface area contributed by atoms with Gasteiger partial charge in [-0.2, -0.15) is 0 Å². The van der Waals surface area contributed by atoms with E-state index in [0.29, 0.717) is 19.8 Å². The van der Waals surface area contributed by atoms with Gasteiger partial charge in [0.25, 0.3) is 0 Å². The molecular weight excluding hydrogens is 218 g/mol. The van der Waals surface area contributed by atoms with E-state index >= 15 is 0 Å². The van der Waals surface area contributed by atoms with Crippen LogP contribution in [0.4, 0.5) is 0 Å². The fourth-order valence-corrected chi connectivity index (χ4v) is 1.43. The quantitative estimate of drug-likeness (QED) is 0.749. The number of likely N-dealkylation sites (N-methyl/N-ethyl adjacent to an activating group) is 1. The van der Waals surface area contributed by atoms with E-state index < -0.39 is 0 Å². The number of rotatable bonds is 8. The van der Waals surface area contributed by atoms with Gasteiger partial charge >= 0.3 is 0 Å². The number of methoxy groups -OCH3 is 1. The maximum Gasteiger partial charge on any atom is 0.123 e. The Balaban J connectivity index is 2.47. The second-order valence-electron chi connectivity index (χ2n) is 3.66. The molecule has 1 N–H and O–H groups in total. The summed E-state index contributed by atoms with van der Waals surface area (Å²) in [5, 5.41) is 3.13. The molecule has 1 rings (SSSR count). The monoisotopic (exact) mass is 239 g/mol. The van der Waals surface area contributed by atoms with Gasteiger partial charge < -0.3 is 19.5 Å². The molecule has 4 nitrogen and oxygen atoms in total. The third-order valence-electron chi connectivity index (χ3n) is 2.34. The van der Waals surface area contributed by atoms with Crippen molar-refractivity contribution in [1.29, 1.82) is 0 Å². The van der Waals surface area contributed by atoms with Crippen LogP contribution in [0, 0.1) is 0 Å². The molecule has 0 fully saturated rings. The summed E-state index contributed by atoms with van der Waals surface area (Å²) in [5.41, 5.74) is 0. The average Bonchev–Trinajstić information content (AvgIpc) is 2.35. The van der Waals surface area contributed by atoms with Crippen molar-refractivity contribution in [3.8, 4) is 11.5 Å². The molecule has 0 aliphatic carbocycles. The van der Waals surface area contributed by atoms with E-state index in [1.54, 1.807) is 7.11 Å². The van der Waals surface area contributed by atoms with Crippen molar-refractivity contribution in [1.82, 2.24) is 5.32 Å². The summed E-state index contributed by atoms with van der Waals surface area (Å²) < 4.78 is 16.2. The average molecular weight is 239 g/mol. The van der Waals surface area contributed by atoms with Crippen LogP contribution in [0.2, 0.25) is 0 Å². The summed E-state index contributed by atoms with van der Waals surface area (Å²) in [7, 11) is 3.57. The Morgan fingerprint density at radius 3 is 2.47 bits per heavy atom. The van der Waals surface area contributed by atoms with E-state index in [-0.39, 0.29) is 6.04 Å². The van der Waals surface area contributed by atoms with Gasteiger partial charge in [-0.25, -0.2) is 0 Å². The largest absolute Gasteiger partial charge is 0.494 e. The Morgan fingerprint density at radius 2 is 1.88 bits per heavy atom. The van der Waals surface area contributed by atoms with Gasteiger partial charge in [0.15, 0.2) is 0 Å². The van der Waals surface area contributed by atoms with E-state index in [1.165, 1.54) is 0 Å². The van der Waals surface area contributed by atoms with Crippen LogP contribution in [-0.4, -0.2) is 40.0 Å². The molecule has 96 valence electrons. The lowest BCUT2D eigenvalue weighted by Gasteiger charge is -2.16. The van der Waals surface area contributed by atoms with Crippen LogP contribution in [0.1, 0.15) is 6.92 Å². The zero-order valence-electron chi connectivity index (χ0n) is 10.7. The summed E-state index contributed by atoms with van der Waals surface area (Å²) >= 11 is 0. The molecule has 1 aromatic carbocycles. The summed E-state index contributed by atoms with van der Waals surface area (Å²) in [5.74, 6) is 1.64. The predicted octanol–water partition coefficient (Wildman–Crippen LogP) is 1.70. The van der Waals surface area contributed by atoms with Gasteiger partial charge in [-0.05, 0) is 26.1 Å². The highest BCUT2D eigenvalue weighted by Gasteiger charge is 2.06. The molecular formula is C13H21NO3. The minimum atomic E-state index is 0.191. The maximum absolute atomic E-state index is 5.68. The minimum absolute atomic E-state index is 0.191. The van der Waals surface area contributed by atoms with Crippen LogP contribution in [0.15, 0.2) is 24.3 Å². The number of hydrogen-bond acceptors (Lipinski definition) is 4. The van der Waals surface area contributed by atoms with Crippen LogP contribution in [0.3, 0.4) is 0 Å². The summed E-state index contributed by atoms with van der Waals surface area (Å²) in [6.45, 7) is 3.82. The number of benzene rings is 1. The van der Waals surface area contributed by atoms with Crippen LogP contribution in [0.25, 0.3) is 0 Å². The third-order valence-corrected chi connectivity index (χ3v) is 2.34. The minimum Gasteiger partial charge on any atom is -0.494 e. The molecule has 1 unspecified atom stereocenters. The first-order valence-corrected chi connectivity index (χ1v) is 5.82. The first kappa shape index (κ1) is 13.8. The Kier molecular flexibility index (Phi) is 6.43. The summed E-state index contributed by atoms with van der Waals surface area (Å²) in [6, 6.07) is 7.84. The Bertz CT molecular complexity index is 317. The molecule has 0 saturated heterocycles. The van der Waals surface area contributed by atoms with Gasteiger partial charge in [0.2, 0.25) is 0 Å². The maximum atomic E-state index is 5.68. The van der Waals surface area contributed by atoms with Gasteiger partial charge in [-0.15, -0.1) is 0 Å². The number of ether oxygens (including phenoxy) is 3. The molecule has 1 aromatic rings. The molecule has 0 aromatic heterocycles. The van der Waals surface area contributed by atoms with Crippen molar-refractivity contribution < 1.29 is 14.2 Å². The lowest BCUT2D eigenvalue weighted by atomic mass is 10.3. The second kappa shape index (κ2) is 7.92. The highest BCUT2D eigenvalue weighted by molar-refractivity contribution is 5.32. The van der Waals surface area contributed by atoms with Crippen molar-refractivity contribution in [2.24, 2.45) is 0 Å². The van der Waals surface area contributed by atoms with Crippen LogP contribution >= 0.6 is 0 Å². The lowest BCUT2D eigenvalue weighted by molar-refractivity contribution is 0.140. The van der Waals surface area contributed by atoms with Crippen LogP contribution in [0.5, 0.6) is 11.5 Å². The predicted molar refractivity (Wildman–Crippen MR) is 67.8 cm³/mol. The van der Waals surface area contributed by atoms with Gasteiger partial charge in [0, 0.05) is 13.2 Å². The third kappa shape index (κ3) is 5.06. The molecule has 0 bridgehead atoms. The topological polar surface area (TPSA) is 39.7 Å². The fraction of sp³-hybridized carbons (Fsp3) is 0.538. The Hall–Kier alpha value is -1.26. The van der Waals surface area contributed by atoms with Gasteiger partial charge in [-0.1, -0.05) is 6.07 Å². The van der Waals surface area contributed by atoms with Crippen LogP contribution < -0.4 is 14.8 Å². The normalized spacial score (nSPS) is 12.2. The standard InChI is InChI=1S/C13H21NO3/c1-4-16-12-6-5-7-13(8-12)17-10-11(14-2)9-15-3/h5-8,11,14H,4,9-10H2,1-3H3. The van der Waals surface area contributed by atoms with Gasteiger partial charge in [0.05, 0.1) is 19.3 Å². The zero-order chi connectivity index (χ0) is 12.5. The van der Waals surface area contributed by atoms with Crippen LogP contribution in [-0.2, 0) is 4.74 Å². The van der Waals surface area contributed by atoms with E-state index in [9.17, 15) is 0 Å². The molecule has 0 aliphatic rings. The SMILES string of the molecule is CCOc1cccc(OCC(COC)NC)c1. The van der Waals surface area contributed by atoms with Crippen molar-refractivity contribution >= 4 is 0 Å². The van der Waals surface area contributed by atoms with E-state index in [4.69, 9.17) is 14.2 Å². The van der Waals surface area contributed by atoms with E-state index in [0.717, 1.165) is 11.5 Å². The molecule has 0 aliphatic heterocycles. The molecule has 1 atom stereocenters. The van der Waals surface area contributed by atoms with Gasteiger partial charge in [0.1, 0.15) is 18.1 Å². The summed E-state index contributed by atoms with van der Waals surface area (Å²) in [4.78, 5) is 0. The van der Waals surface area contributed by atoms with E-state index in [1.807, 2.05) is 38.2 Å². The highest BCUT2D eigenvalue weighted by Crippen LogP contribution is 2.19. The second-order valence-corrected chi connectivity index (χ2v) is 3.66. The summed E-state index contributed by atoms with van der Waals surface area (Å²) in [6.07, 6.45) is 0. The molecule has 0 heterocycles. The lowest BCUT2D eigenvalue weighted by Crippen LogP contribution is -2.35. The highest BCUT2D eigenvalue weighted by atomic mass is 16.5. The first-order valence-electron chi connectivity index (χ1n) is 5.82. The zero-order valence-corrected chi connectivity index (χ0v) is 10.7. The Morgan fingerprint density at radius 1 is 1.18 bits per heavy atom. The Labute approximate surface area is 103 Å².